The second kappa shape index (κ2) is 5.56. The van der Waals surface area contributed by atoms with E-state index in [9.17, 15) is 4.79 Å². The standard InChI is InChI=1S/C12H17ClN2O2/c1-8(9-3-2-5-14-7-9)15-12(16)10-4-6-17-11(10)13/h4,6,8-9,14H,2-3,5,7H2,1H3,(H,15,16). The number of nitrogens with one attached hydrogen (secondary N) is 2. The quantitative estimate of drug-likeness (QED) is 0.870. The first-order valence-electron chi connectivity index (χ1n) is 5.93. The molecule has 1 saturated heterocycles. The molecule has 0 bridgehead atoms. The fourth-order valence-electron chi connectivity index (χ4n) is 2.16. The summed E-state index contributed by atoms with van der Waals surface area (Å²) in [6.07, 6.45) is 3.73. The smallest absolute Gasteiger partial charge is 0.256 e. The van der Waals surface area contributed by atoms with Crippen molar-refractivity contribution in [3.63, 3.8) is 0 Å². The largest absolute Gasteiger partial charge is 0.452 e. The third kappa shape index (κ3) is 3.01. The van der Waals surface area contributed by atoms with Crippen LogP contribution in [0.4, 0.5) is 0 Å². The van der Waals surface area contributed by atoms with Crippen molar-refractivity contribution < 1.29 is 9.21 Å². The Labute approximate surface area is 106 Å². The first-order chi connectivity index (χ1) is 8.18. The number of piperidine rings is 1. The van der Waals surface area contributed by atoms with Crippen LogP contribution in [-0.4, -0.2) is 25.0 Å². The maximum Gasteiger partial charge on any atom is 0.256 e. The monoisotopic (exact) mass is 256 g/mol. The lowest BCUT2D eigenvalue weighted by Crippen LogP contribution is -2.44. The number of carbonyl (C=O) groups excluding carboxylic acids is 1. The summed E-state index contributed by atoms with van der Waals surface area (Å²) in [6.45, 7) is 4.06. The number of hydrogen-bond donors (Lipinski definition) is 2. The van der Waals surface area contributed by atoms with Gasteiger partial charge in [0, 0.05) is 6.04 Å². The second-order valence-electron chi connectivity index (χ2n) is 4.48. The lowest BCUT2D eigenvalue weighted by Gasteiger charge is -2.28. The molecule has 1 amide bonds. The van der Waals surface area contributed by atoms with Crippen molar-refractivity contribution in [3.05, 3.63) is 23.1 Å². The highest BCUT2D eigenvalue weighted by Crippen LogP contribution is 2.18. The zero-order chi connectivity index (χ0) is 12.3. The van der Waals surface area contributed by atoms with Crippen LogP contribution in [0.3, 0.4) is 0 Å². The summed E-state index contributed by atoms with van der Waals surface area (Å²) in [5.41, 5.74) is 0.405. The first-order valence-corrected chi connectivity index (χ1v) is 6.31. The second-order valence-corrected chi connectivity index (χ2v) is 4.82. The van der Waals surface area contributed by atoms with Gasteiger partial charge in [-0.2, -0.15) is 0 Å². The lowest BCUT2D eigenvalue weighted by molar-refractivity contribution is 0.0921. The average molecular weight is 257 g/mol. The Balaban J connectivity index is 1.92. The van der Waals surface area contributed by atoms with Gasteiger partial charge in [-0.1, -0.05) is 0 Å². The Kier molecular flexibility index (Phi) is 4.07. The van der Waals surface area contributed by atoms with Crippen LogP contribution in [0.15, 0.2) is 16.7 Å². The number of rotatable bonds is 3. The van der Waals surface area contributed by atoms with Gasteiger partial charge in [-0.25, -0.2) is 0 Å². The van der Waals surface area contributed by atoms with E-state index in [4.69, 9.17) is 16.0 Å². The molecule has 1 fully saturated rings. The fraction of sp³-hybridized carbons (Fsp3) is 0.583. The third-order valence-corrected chi connectivity index (χ3v) is 3.56. The number of furan rings is 1. The maximum absolute atomic E-state index is 11.9. The molecule has 17 heavy (non-hydrogen) atoms. The molecule has 2 N–H and O–H groups in total. The molecule has 2 unspecified atom stereocenters. The Morgan fingerprint density at radius 2 is 2.53 bits per heavy atom. The molecule has 2 heterocycles. The van der Waals surface area contributed by atoms with Crippen molar-refractivity contribution in [3.8, 4) is 0 Å². The minimum atomic E-state index is -0.165. The van der Waals surface area contributed by atoms with Crippen LogP contribution in [0.2, 0.25) is 5.22 Å². The summed E-state index contributed by atoms with van der Waals surface area (Å²) in [7, 11) is 0. The topological polar surface area (TPSA) is 54.3 Å². The number of amides is 1. The first kappa shape index (κ1) is 12.5. The Hall–Kier alpha value is -1.00. The number of halogens is 1. The van der Waals surface area contributed by atoms with Gasteiger partial charge < -0.3 is 15.1 Å². The molecular formula is C12H17ClN2O2. The number of carbonyl (C=O) groups is 1. The SMILES string of the molecule is CC(NC(=O)c1ccoc1Cl)C1CCCNC1. The third-order valence-electron chi connectivity index (χ3n) is 3.26. The summed E-state index contributed by atoms with van der Waals surface area (Å²) in [5.74, 6) is 0.320. The van der Waals surface area contributed by atoms with Gasteiger partial charge in [0.2, 0.25) is 5.22 Å². The van der Waals surface area contributed by atoms with Crippen molar-refractivity contribution in [2.24, 2.45) is 5.92 Å². The zero-order valence-electron chi connectivity index (χ0n) is 9.83. The van der Waals surface area contributed by atoms with E-state index in [2.05, 4.69) is 10.6 Å². The molecule has 2 rings (SSSR count). The van der Waals surface area contributed by atoms with Crippen LogP contribution in [-0.2, 0) is 0 Å². The van der Waals surface area contributed by atoms with Crippen LogP contribution in [0.5, 0.6) is 0 Å². The molecule has 0 aromatic carbocycles. The summed E-state index contributed by atoms with van der Waals surface area (Å²) >= 11 is 5.76. The molecule has 4 nitrogen and oxygen atoms in total. The molecule has 2 atom stereocenters. The van der Waals surface area contributed by atoms with Crippen molar-refractivity contribution in [2.45, 2.75) is 25.8 Å². The number of hydrogen-bond acceptors (Lipinski definition) is 3. The summed E-state index contributed by atoms with van der Waals surface area (Å²) < 4.78 is 4.90. The molecule has 1 aliphatic rings. The van der Waals surface area contributed by atoms with Crippen LogP contribution in [0.25, 0.3) is 0 Å². The van der Waals surface area contributed by atoms with Crippen LogP contribution in [0.1, 0.15) is 30.1 Å². The van der Waals surface area contributed by atoms with Gasteiger partial charge in [-0.15, -0.1) is 0 Å². The Bertz CT molecular complexity index is 386. The average Bonchev–Trinajstić information content (AvgIpc) is 2.76. The fourth-order valence-corrected chi connectivity index (χ4v) is 2.36. The molecule has 5 heteroatoms. The molecule has 0 saturated carbocycles. The predicted octanol–water partition coefficient (Wildman–Crippen LogP) is 2.05. The van der Waals surface area contributed by atoms with Gasteiger partial charge in [0.25, 0.3) is 5.91 Å². The highest BCUT2D eigenvalue weighted by Gasteiger charge is 2.23. The van der Waals surface area contributed by atoms with Crippen molar-refractivity contribution in [2.75, 3.05) is 13.1 Å². The predicted molar refractivity (Wildman–Crippen MR) is 66.2 cm³/mol. The van der Waals surface area contributed by atoms with Gasteiger partial charge >= 0.3 is 0 Å². The molecular weight excluding hydrogens is 240 g/mol. The summed E-state index contributed by atoms with van der Waals surface area (Å²) in [6, 6.07) is 1.73. The van der Waals surface area contributed by atoms with E-state index in [1.165, 1.54) is 6.26 Å². The molecule has 0 aliphatic carbocycles. The summed E-state index contributed by atoms with van der Waals surface area (Å²) in [4.78, 5) is 11.9. The van der Waals surface area contributed by atoms with E-state index in [-0.39, 0.29) is 17.2 Å². The zero-order valence-corrected chi connectivity index (χ0v) is 10.6. The van der Waals surface area contributed by atoms with Crippen molar-refractivity contribution >= 4 is 17.5 Å². The normalized spacial score (nSPS) is 22.1. The highest BCUT2D eigenvalue weighted by molar-refractivity contribution is 6.32. The molecule has 1 aromatic rings. The van der Waals surface area contributed by atoms with Crippen LogP contribution >= 0.6 is 11.6 Å². The van der Waals surface area contributed by atoms with E-state index >= 15 is 0 Å². The maximum atomic E-state index is 11.9. The van der Waals surface area contributed by atoms with E-state index in [1.54, 1.807) is 6.07 Å². The van der Waals surface area contributed by atoms with Gasteiger partial charge in [-0.3, -0.25) is 4.79 Å². The van der Waals surface area contributed by atoms with Crippen LogP contribution < -0.4 is 10.6 Å². The van der Waals surface area contributed by atoms with E-state index < -0.39 is 0 Å². The molecule has 1 aliphatic heterocycles. The van der Waals surface area contributed by atoms with Crippen molar-refractivity contribution in [1.82, 2.24) is 10.6 Å². The van der Waals surface area contributed by atoms with E-state index in [0.29, 0.717) is 11.5 Å². The van der Waals surface area contributed by atoms with Crippen molar-refractivity contribution in [1.29, 1.82) is 0 Å². The van der Waals surface area contributed by atoms with E-state index in [0.717, 1.165) is 25.9 Å². The Morgan fingerprint density at radius 3 is 3.12 bits per heavy atom. The van der Waals surface area contributed by atoms with Gasteiger partial charge in [0.05, 0.1) is 11.8 Å². The Morgan fingerprint density at radius 1 is 1.71 bits per heavy atom. The molecule has 1 aromatic heterocycles. The summed E-state index contributed by atoms with van der Waals surface area (Å²) in [5, 5.41) is 6.46. The highest BCUT2D eigenvalue weighted by atomic mass is 35.5. The van der Waals surface area contributed by atoms with Gasteiger partial charge in [0.1, 0.15) is 0 Å². The van der Waals surface area contributed by atoms with Gasteiger partial charge in [0.15, 0.2) is 0 Å². The minimum absolute atomic E-state index is 0.140. The molecule has 0 radical (unpaired) electrons. The van der Waals surface area contributed by atoms with Crippen LogP contribution in [0, 0.1) is 5.92 Å². The van der Waals surface area contributed by atoms with Gasteiger partial charge in [-0.05, 0) is 56.4 Å². The minimum Gasteiger partial charge on any atom is -0.452 e. The lowest BCUT2D eigenvalue weighted by atomic mass is 9.93. The molecule has 0 spiro atoms. The van der Waals surface area contributed by atoms with E-state index in [1.807, 2.05) is 6.92 Å². The molecule has 94 valence electrons.